The van der Waals surface area contributed by atoms with Gasteiger partial charge in [-0.2, -0.15) is 0 Å². The molecule has 0 radical (unpaired) electrons. The predicted octanol–water partition coefficient (Wildman–Crippen LogP) is 15.6. The van der Waals surface area contributed by atoms with E-state index in [0.29, 0.717) is 0 Å². The number of nitrogens with zero attached hydrogens (tertiary/aromatic N) is 2. The third-order valence-corrected chi connectivity index (χ3v) is 12.4. The molecule has 0 aliphatic heterocycles. The van der Waals surface area contributed by atoms with Crippen LogP contribution < -0.4 is 4.90 Å². The molecule has 0 unspecified atom stereocenters. The molecule has 280 valence electrons. The maximum atomic E-state index is 2.41. The van der Waals surface area contributed by atoms with Gasteiger partial charge in [0.15, 0.2) is 0 Å². The second kappa shape index (κ2) is 13.9. The Labute approximate surface area is 345 Å². The maximum absolute atomic E-state index is 2.41. The molecule has 0 amide bonds. The highest BCUT2D eigenvalue weighted by Crippen LogP contribution is 2.50. The minimum atomic E-state index is -0.0469. The van der Waals surface area contributed by atoms with Gasteiger partial charge in [-0.1, -0.05) is 159 Å². The Kier molecular flexibility index (Phi) is 8.20. The van der Waals surface area contributed by atoms with E-state index in [1.54, 1.807) is 0 Å². The van der Waals surface area contributed by atoms with Crippen LogP contribution in [0.4, 0.5) is 17.1 Å². The van der Waals surface area contributed by atoms with Crippen LogP contribution >= 0.6 is 0 Å². The molecule has 10 aromatic rings. The largest absolute Gasteiger partial charge is 0.310 e. The maximum Gasteiger partial charge on any atom is 0.0542 e. The van der Waals surface area contributed by atoms with Crippen molar-refractivity contribution in [2.75, 3.05) is 4.90 Å². The molecule has 0 saturated carbocycles. The van der Waals surface area contributed by atoms with Gasteiger partial charge < -0.3 is 9.47 Å². The van der Waals surface area contributed by atoms with E-state index in [4.69, 9.17) is 0 Å². The van der Waals surface area contributed by atoms with Crippen LogP contribution in [0.1, 0.15) is 25.0 Å². The molecule has 2 nitrogen and oxygen atoms in total. The third-order valence-electron chi connectivity index (χ3n) is 12.4. The van der Waals surface area contributed by atoms with E-state index in [1.165, 1.54) is 77.4 Å². The minimum Gasteiger partial charge on any atom is -0.310 e. The van der Waals surface area contributed by atoms with Crippen molar-refractivity contribution in [3.8, 4) is 50.2 Å². The standard InChI is InChI=1S/C57H42N2/c1-57(2)53-21-13-12-20-49(53)50-33-26-44(37-54(50)57)42-24-30-47(31-25-42)58(46-28-22-41(23-29-46)39-14-6-3-7-15-39)48-32-35-56-52(38-48)51-36-43(40-16-8-4-9-17-40)27-34-55(51)59(56)45-18-10-5-11-19-45/h3-38H,1-2H3. The average Bonchev–Trinajstić information content (AvgIpc) is 3.75. The first-order valence-electron chi connectivity index (χ1n) is 20.5. The van der Waals surface area contributed by atoms with Crippen molar-refractivity contribution in [2.45, 2.75) is 19.3 Å². The quantitative estimate of drug-likeness (QED) is 0.157. The number of benzene rings is 9. The molecular weight excluding hydrogens is 713 g/mol. The first-order valence-corrected chi connectivity index (χ1v) is 20.5. The summed E-state index contributed by atoms with van der Waals surface area (Å²) in [6.45, 7) is 4.70. The summed E-state index contributed by atoms with van der Waals surface area (Å²) in [6.07, 6.45) is 0. The van der Waals surface area contributed by atoms with Crippen molar-refractivity contribution in [3.05, 3.63) is 230 Å². The van der Waals surface area contributed by atoms with Gasteiger partial charge in [0.05, 0.1) is 11.0 Å². The second-order valence-corrected chi connectivity index (χ2v) is 16.2. The fourth-order valence-electron chi connectivity index (χ4n) is 9.38. The van der Waals surface area contributed by atoms with Gasteiger partial charge in [-0.25, -0.2) is 0 Å². The van der Waals surface area contributed by atoms with Gasteiger partial charge >= 0.3 is 0 Å². The molecule has 1 aliphatic rings. The zero-order chi connectivity index (χ0) is 39.5. The summed E-state index contributed by atoms with van der Waals surface area (Å²) >= 11 is 0. The molecule has 0 N–H and O–H groups in total. The van der Waals surface area contributed by atoms with Crippen LogP contribution in [0.2, 0.25) is 0 Å². The molecule has 1 aromatic heterocycles. The Morgan fingerprint density at radius 2 is 0.780 bits per heavy atom. The molecule has 2 heteroatoms. The average molecular weight is 755 g/mol. The molecule has 0 atom stereocenters. The van der Waals surface area contributed by atoms with E-state index >= 15 is 0 Å². The summed E-state index contributed by atoms with van der Waals surface area (Å²) < 4.78 is 2.40. The van der Waals surface area contributed by atoms with Crippen LogP contribution in [0, 0.1) is 0 Å². The van der Waals surface area contributed by atoms with E-state index in [9.17, 15) is 0 Å². The van der Waals surface area contributed by atoms with E-state index in [1.807, 2.05) is 0 Å². The summed E-state index contributed by atoms with van der Waals surface area (Å²) in [7, 11) is 0. The summed E-state index contributed by atoms with van der Waals surface area (Å²) in [5.41, 5.74) is 19.5. The summed E-state index contributed by atoms with van der Waals surface area (Å²) in [5, 5.41) is 2.44. The van der Waals surface area contributed by atoms with Gasteiger partial charge in [0.2, 0.25) is 0 Å². The Balaban J connectivity index is 1.05. The number of aromatic nitrogens is 1. The van der Waals surface area contributed by atoms with Crippen LogP contribution in [-0.4, -0.2) is 4.57 Å². The van der Waals surface area contributed by atoms with Crippen LogP contribution in [0.15, 0.2) is 218 Å². The topological polar surface area (TPSA) is 8.17 Å². The molecule has 9 aromatic carbocycles. The number of hydrogen-bond donors (Lipinski definition) is 0. The van der Waals surface area contributed by atoms with E-state index in [0.717, 1.165) is 22.7 Å². The lowest BCUT2D eigenvalue weighted by Crippen LogP contribution is -2.14. The Bertz CT molecular complexity index is 3140. The molecule has 0 fully saturated rings. The van der Waals surface area contributed by atoms with Gasteiger partial charge in [0.25, 0.3) is 0 Å². The monoisotopic (exact) mass is 754 g/mol. The lowest BCUT2D eigenvalue weighted by molar-refractivity contribution is 0.660. The van der Waals surface area contributed by atoms with E-state index in [2.05, 4.69) is 242 Å². The number of rotatable bonds is 7. The second-order valence-electron chi connectivity index (χ2n) is 16.2. The Morgan fingerprint density at radius 3 is 1.44 bits per heavy atom. The first kappa shape index (κ1) is 34.8. The van der Waals surface area contributed by atoms with Crippen molar-refractivity contribution in [1.82, 2.24) is 4.57 Å². The van der Waals surface area contributed by atoms with Crippen LogP contribution in [0.3, 0.4) is 0 Å². The number of anilines is 3. The van der Waals surface area contributed by atoms with Crippen LogP contribution in [0.5, 0.6) is 0 Å². The first-order chi connectivity index (χ1) is 29.0. The van der Waals surface area contributed by atoms with Crippen molar-refractivity contribution >= 4 is 38.9 Å². The summed E-state index contributed by atoms with van der Waals surface area (Å²) in [4.78, 5) is 2.40. The zero-order valence-electron chi connectivity index (χ0n) is 33.2. The SMILES string of the molecule is CC1(C)c2ccccc2-c2ccc(-c3ccc(N(c4ccc(-c5ccccc5)cc4)c4ccc5c(c4)c4cc(-c6ccccc6)ccc4n5-c4ccccc4)cc3)cc21. The molecule has 0 saturated heterocycles. The fraction of sp³-hybridized carbons (Fsp3) is 0.0526. The van der Waals surface area contributed by atoms with E-state index in [-0.39, 0.29) is 5.41 Å². The fourth-order valence-corrected chi connectivity index (χ4v) is 9.38. The predicted molar refractivity (Wildman–Crippen MR) is 249 cm³/mol. The van der Waals surface area contributed by atoms with Crippen molar-refractivity contribution in [3.63, 3.8) is 0 Å². The van der Waals surface area contributed by atoms with Gasteiger partial charge in [-0.3, -0.25) is 0 Å². The molecule has 59 heavy (non-hydrogen) atoms. The van der Waals surface area contributed by atoms with Crippen LogP contribution in [-0.2, 0) is 5.41 Å². The summed E-state index contributed by atoms with van der Waals surface area (Å²) in [6, 6.07) is 79.8. The number of fused-ring (bicyclic) bond motifs is 6. The lowest BCUT2D eigenvalue weighted by Gasteiger charge is -2.26. The van der Waals surface area contributed by atoms with Gasteiger partial charge in [0, 0.05) is 38.9 Å². The summed E-state index contributed by atoms with van der Waals surface area (Å²) in [5.74, 6) is 0. The van der Waals surface area contributed by atoms with Crippen LogP contribution in [0.25, 0.3) is 72.0 Å². The Hall–Kier alpha value is -7.42. The van der Waals surface area contributed by atoms with Crippen molar-refractivity contribution < 1.29 is 0 Å². The molecule has 11 rings (SSSR count). The number of para-hydroxylation sites is 1. The highest BCUT2D eigenvalue weighted by Gasteiger charge is 2.35. The number of hydrogen-bond acceptors (Lipinski definition) is 1. The van der Waals surface area contributed by atoms with E-state index < -0.39 is 0 Å². The normalized spacial score (nSPS) is 12.7. The minimum absolute atomic E-state index is 0.0469. The molecule has 0 spiro atoms. The molecule has 1 heterocycles. The highest BCUT2D eigenvalue weighted by atomic mass is 15.1. The molecule has 0 bridgehead atoms. The van der Waals surface area contributed by atoms with Crippen molar-refractivity contribution in [1.29, 1.82) is 0 Å². The van der Waals surface area contributed by atoms with Gasteiger partial charge in [0.1, 0.15) is 0 Å². The van der Waals surface area contributed by atoms with Gasteiger partial charge in [-0.05, 0) is 128 Å². The zero-order valence-corrected chi connectivity index (χ0v) is 33.2. The smallest absolute Gasteiger partial charge is 0.0542 e. The molecule has 1 aliphatic carbocycles. The third kappa shape index (κ3) is 5.87. The molecular formula is C57H42N2. The van der Waals surface area contributed by atoms with Gasteiger partial charge in [-0.15, -0.1) is 0 Å². The highest BCUT2D eigenvalue weighted by molar-refractivity contribution is 6.12. The lowest BCUT2D eigenvalue weighted by atomic mass is 9.81. The Morgan fingerprint density at radius 1 is 0.339 bits per heavy atom. The van der Waals surface area contributed by atoms with Crippen molar-refractivity contribution in [2.24, 2.45) is 0 Å².